The zero-order valence-corrected chi connectivity index (χ0v) is 27.8. The van der Waals surface area contributed by atoms with Gasteiger partial charge in [0.05, 0.1) is 30.5 Å². The smallest absolute Gasteiger partial charge is 0.279 e. The van der Waals surface area contributed by atoms with Gasteiger partial charge in [-0.1, -0.05) is 0 Å². The highest BCUT2D eigenvalue weighted by Gasteiger charge is 2.46. The minimum absolute atomic E-state index is 0.0293. The van der Waals surface area contributed by atoms with E-state index in [0.717, 1.165) is 70.9 Å². The van der Waals surface area contributed by atoms with Gasteiger partial charge in [0.25, 0.3) is 16.1 Å². The second kappa shape index (κ2) is 14.0. The monoisotopic (exact) mass is 670 g/mol. The summed E-state index contributed by atoms with van der Waals surface area (Å²) in [5.41, 5.74) is 0.194. The van der Waals surface area contributed by atoms with Gasteiger partial charge in [-0.2, -0.15) is 22.7 Å². The molecule has 1 spiro atoms. The van der Waals surface area contributed by atoms with Crippen LogP contribution in [-0.4, -0.2) is 116 Å². The number of ether oxygens (including phenoxy) is 2. The molecule has 0 radical (unpaired) electrons. The molecule has 1 amide bonds. The van der Waals surface area contributed by atoms with E-state index in [2.05, 4.69) is 24.5 Å². The van der Waals surface area contributed by atoms with Gasteiger partial charge in [0.15, 0.2) is 11.6 Å². The molecular weight excluding hydrogens is 627 g/mol. The van der Waals surface area contributed by atoms with Crippen molar-refractivity contribution < 1.29 is 27.1 Å². The highest BCUT2D eigenvalue weighted by molar-refractivity contribution is 7.87. The highest BCUT2D eigenvalue weighted by atomic mass is 32.2. The van der Waals surface area contributed by atoms with Gasteiger partial charge in [0.2, 0.25) is 0 Å². The molecule has 5 heterocycles. The van der Waals surface area contributed by atoms with Crippen LogP contribution in [-0.2, 0) is 14.9 Å². The number of likely N-dealkylation sites (tertiary alicyclic amines) is 1. The summed E-state index contributed by atoms with van der Waals surface area (Å²) < 4.78 is 55.6. The average Bonchev–Trinajstić information content (AvgIpc) is 2.99. The summed E-state index contributed by atoms with van der Waals surface area (Å²) in [5.74, 6) is 0.0880. The first-order chi connectivity index (χ1) is 22.6. The summed E-state index contributed by atoms with van der Waals surface area (Å²) >= 11 is 0. The Morgan fingerprint density at radius 3 is 2.62 bits per heavy atom. The van der Waals surface area contributed by atoms with E-state index in [-0.39, 0.29) is 41.5 Å². The van der Waals surface area contributed by atoms with Crippen molar-refractivity contribution >= 4 is 21.9 Å². The number of aromatic nitrogens is 2. The summed E-state index contributed by atoms with van der Waals surface area (Å²) in [6.45, 7) is 9.44. The fraction of sp³-hybridized carbons (Fsp3) is 0.625. The molecule has 0 bridgehead atoms. The van der Waals surface area contributed by atoms with Gasteiger partial charge < -0.3 is 24.2 Å². The molecule has 15 heteroatoms. The van der Waals surface area contributed by atoms with E-state index in [9.17, 15) is 22.9 Å². The Bertz CT molecular complexity index is 1580. The molecular formula is C32H43FN8O5S. The number of amides is 1. The number of piperidine rings is 1. The van der Waals surface area contributed by atoms with Crippen molar-refractivity contribution in [2.45, 2.75) is 64.1 Å². The molecule has 13 nitrogen and oxygen atoms in total. The van der Waals surface area contributed by atoms with Crippen LogP contribution in [0.15, 0.2) is 30.7 Å². The van der Waals surface area contributed by atoms with Crippen molar-refractivity contribution in [3.05, 3.63) is 42.1 Å². The Morgan fingerprint density at radius 1 is 1.21 bits per heavy atom. The van der Waals surface area contributed by atoms with Gasteiger partial charge in [-0.05, 0) is 77.2 Å². The normalized spacial score (nSPS) is 23.2. The minimum atomic E-state index is -3.40. The van der Waals surface area contributed by atoms with Crippen LogP contribution >= 0.6 is 0 Å². The fourth-order valence-electron chi connectivity index (χ4n) is 6.80. The number of anilines is 1. The average molecular weight is 671 g/mol. The second-order valence-electron chi connectivity index (χ2n) is 13.4. The van der Waals surface area contributed by atoms with Crippen LogP contribution in [0.25, 0.3) is 0 Å². The lowest BCUT2D eigenvalue weighted by molar-refractivity contribution is -0.0301. The van der Waals surface area contributed by atoms with E-state index in [1.807, 2.05) is 6.07 Å². The Morgan fingerprint density at radius 2 is 1.98 bits per heavy atom. The quantitative estimate of drug-likeness (QED) is 0.355. The first kappa shape index (κ1) is 33.5. The Balaban J connectivity index is 1.01. The summed E-state index contributed by atoms with van der Waals surface area (Å²) in [5, 5.41) is 9.23. The van der Waals surface area contributed by atoms with Crippen LogP contribution < -0.4 is 14.4 Å². The lowest BCUT2D eigenvalue weighted by Crippen LogP contribution is -2.61. The fourth-order valence-corrected chi connectivity index (χ4v) is 8.29. The number of nitrogens with zero attached hydrogens (tertiary/aromatic N) is 7. The molecule has 1 aromatic carbocycles. The number of carbonyl (C=O) groups is 1. The van der Waals surface area contributed by atoms with Crippen molar-refractivity contribution in [1.29, 1.82) is 5.26 Å². The van der Waals surface area contributed by atoms with E-state index in [4.69, 9.17) is 9.47 Å². The van der Waals surface area contributed by atoms with Gasteiger partial charge >= 0.3 is 0 Å². The maximum atomic E-state index is 14.3. The molecule has 4 saturated heterocycles. The number of halogens is 1. The van der Waals surface area contributed by atoms with Crippen molar-refractivity contribution in [2.75, 3.05) is 63.9 Å². The summed E-state index contributed by atoms with van der Waals surface area (Å²) in [6, 6.07) is 5.35. The van der Waals surface area contributed by atoms with Crippen molar-refractivity contribution in [2.24, 2.45) is 5.41 Å². The van der Waals surface area contributed by atoms with E-state index in [1.54, 1.807) is 20.0 Å². The van der Waals surface area contributed by atoms with Crippen LogP contribution in [0.5, 0.6) is 11.5 Å². The third-order valence-corrected chi connectivity index (χ3v) is 11.4. The molecule has 0 unspecified atom stereocenters. The molecule has 4 aliphatic heterocycles. The first-order valence-corrected chi connectivity index (χ1v) is 17.8. The number of rotatable bonds is 11. The van der Waals surface area contributed by atoms with Crippen LogP contribution in [0.4, 0.5) is 10.2 Å². The largest absolute Gasteiger partial charge is 0.451 e. The number of carbonyl (C=O) groups excluding carboxylic acids is 1. The SMILES string of the molecule is CC(C)N(CC#N)C(=O)c1cc(F)ccc1Oc1cncnc1N1CC2(CCN(C[C@@H]3CC[C@@H](NS(=O)(=O)N4CCC4)CO3)CC2)C1. The van der Waals surface area contributed by atoms with Crippen LogP contribution in [0.3, 0.4) is 0 Å². The summed E-state index contributed by atoms with van der Waals surface area (Å²) in [4.78, 5) is 27.9. The number of hydrogen-bond acceptors (Lipinski definition) is 10. The second-order valence-corrected chi connectivity index (χ2v) is 15.1. The van der Waals surface area contributed by atoms with Crippen molar-refractivity contribution in [3.8, 4) is 17.6 Å². The lowest BCUT2D eigenvalue weighted by Gasteiger charge is -2.54. The first-order valence-electron chi connectivity index (χ1n) is 16.4. The zero-order valence-electron chi connectivity index (χ0n) is 27.0. The maximum Gasteiger partial charge on any atom is 0.279 e. The Hall–Kier alpha value is -3.42. The molecule has 254 valence electrons. The maximum absolute atomic E-state index is 14.3. The predicted molar refractivity (Wildman–Crippen MR) is 172 cm³/mol. The molecule has 0 aliphatic carbocycles. The van der Waals surface area contributed by atoms with E-state index in [0.29, 0.717) is 31.3 Å². The molecule has 0 saturated carbocycles. The molecule has 6 rings (SSSR count). The third kappa shape index (κ3) is 7.52. The van der Waals surface area contributed by atoms with E-state index in [1.165, 1.54) is 27.7 Å². The van der Waals surface area contributed by atoms with E-state index >= 15 is 0 Å². The third-order valence-electron chi connectivity index (χ3n) is 9.75. The van der Waals surface area contributed by atoms with Gasteiger partial charge in [-0.3, -0.25) is 4.79 Å². The topological polar surface area (TPSA) is 144 Å². The molecule has 4 aliphatic rings. The number of benzene rings is 1. The molecule has 2 atom stereocenters. The van der Waals surface area contributed by atoms with Crippen LogP contribution in [0.1, 0.15) is 56.3 Å². The van der Waals surface area contributed by atoms with Crippen molar-refractivity contribution in [1.82, 2.24) is 28.8 Å². The zero-order chi connectivity index (χ0) is 33.2. The predicted octanol–water partition coefficient (Wildman–Crippen LogP) is 2.77. The summed E-state index contributed by atoms with van der Waals surface area (Å²) in [7, 11) is -3.40. The van der Waals surface area contributed by atoms with Gasteiger partial charge in [-0.15, -0.1) is 0 Å². The minimum Gasteiger partial charge on any atom is -0.451 e. The van der Waals surface area contributed by atoms with Gasteiger partial charge in [0, 0.05) is 50.2 Å². The Labute approximate surface area is 275 Å². The number of nitriles is 1. The number of hydrogen-bond donors (Lipinski definition) is 1. The highest BCUT2D eigenvalue weighted by Crippen LogP contribution is 2.45. The standard InChI is InChI=1S/C32H43FN8O5S/c1-23(2)41(15-10-34)31(42)27-16-24(33)4-7-28(27)46-29-17-35-22-36-30(29)39-20-32(21-39)8-13-38(14-9-32)18-26-6-5-25(19-45-26)37-47(43,44)40-11-3-12-40/h4,7,16-17,22-23,25-26,37H,3,5-6,8-9,11-15,18-21H2,1-2H3/t25-,26+/m1/s1. The van der Waals surface area contributed by atoms with Gasteiger partial charge in [-0.25, -0.2) is 14.4 Å². The number of nitrogens with one attached hydrogen (secondary N) is 1. The van der Waals surface area contributed by atoms with Crippen LogP contribution in [0.2, 0.25) is 0 Å². The molecule has 1 N–H and O–H groups in total. The van der Waals surface area contributed by atoms with Gasteiger partial charge in [0.1, 0.15) is 24.4 Å². The lowest BCUT2D eigenvalue weighted by atomic mass is 9.72. The molecule has 4 fully saturated rings. The summed E-state index contributed by atoms with van der Waals surface area (Å²) in [6.07, 6.45) is 7.71. The van der Waals surface area contributed by atoms with E-state index < -0.39 is 21.9 Å². The van der Waals surface area contributed by atoms with Crippen molar-refractivity contribution in [3.63, 3.8) is 0 Å². The molecule has 2 aromatic rings. The molecule has 1 aromatic heterocycles. The Kier molecular flexibility index (Phi) is 9.95. The molecule has 47 heavy (non-hydrogen) atoms. The van der Waals surface area contributed by atoms with Crippen LogP contribution in [0, 0.1) is 22.6 Å².